The van der Waals surface area contributed by atoms with Crippen molar-refractivity contribution in [2.75, 3.05) is 11.9 Å². The topological polar surface area (TPSA) is 92.8 Å². The Labute approximate surface area is 208 Å². The van der Waals surface area contributed by atoms with Crippen molar-refractivity contribution in [3.63, 3.8) is 0 Å². The molecule has 1 fully saturated rings. The summed E-state index contributed by atoms with van der Waals surface area (Å²) in [7, 11) is 0. The van der Waals surface area contributed by atoms with Gasteiger partial charge in [-0.2, -0.15) is 0 Å². The number of carbonyl (C=O) groups excluding carboxylic acids is 4. The lowest BCUT2D eigenvalue weighted by molar-refractivity contribution is -0.159. The van der Waals surface area contributed by atoms with Crippen molar-refractivity contribution in [1.29, 1.82) is 0 Å². The van der Waals surface area contributed by atoms with Gasteiger partial charge in [0.1, 0.15) is 6.04 Å². The Kier molecular flexibility index (Phi) is 6.62. The second kappa shape index (κ2) is 10.2. The summed E-state index contributed by atoms with van der Waals surface area (Å²) in [6, 6.07) is 21.2. The first-order valence-electron chi connectivity index (χ1n) is 12.0. The number of fused-ring (bicyclic) bond motifs is 2. The highest BCUT2D eigenvalue weighted by Gasteiger charge is 2.51. The predicted molar refractivity (Wildman–Crippen MR) is 135 cm³/mol. The van der Waals surface area contributed by atoms with E-state index in [1.165, 1.54) is 0 Å². The van der Waals surface area contributed by atoms with Crippen LogP contribution in [0.25, 0.3) is 10.8 Å². The number of allylic oxidation sites excluding steroid dienone is 2. The maximum Gasteiger partial charge on any atom is 0.330 e. The molecule has 0 unspecified atom stereocenters. The second-order valence-corrected chi connectivity index (χ2v) is 9.09. The van der Waals surface area contributed by atoms with Crippen molar-refractivity contribution < 1.29 is 23.9 Å². The van der Waals surface area contributed by atoms with Gasteiger partial charge < -0.3 is 10.1 Å². The number of amides is 3. The van der Waals surface area contributed by atoms with Gasteiger partial charge >= 0.3 is 5.97 Å². The first-order chi connectivity index (χ1) is 17.5. The Morgan fingerprint density at radius 1 is 0.861 bits per heavy atom. The average molecular weight is 483 g/mol. The van der Waals surface area contributed by atoms with E-state index in [2.05, 4.69) is 5.32 Å². The van der Waals surface area contributed by atoms with Crippen LogP contribution < -0.4 is 5.32 Å². The number of imide groups is 1. The van der Waals surface area contributed by atoms with E-state index in [1.807, 2.05) is 78.9 Å². The Hall–Kier alpha value is -4.26. The lowest BCUT2D eigenvalue weighted by atomic mass is 9.85. The van der Waals surface area contributed by atoms with Gasteiger partial charge in [0, 0.05) is 17.5 Å². The number of hydrogen-bond donors (Lipinski definition) is 1. The van der Waals surface area contributed by atoms with Gasteiger partial charge in [-0.1, -0.05) is 78.9 Å². The molecule has 7 nitrogen and oxygen atoms in total. The van der Waals surface area contributed by atoms with Crippen molar-refractivity contribution in [2.45, 2.75) is 25.3 Å². The Balaban J connectivity index is 1.31. The van der Waals surface area contributed by atoms with Crippen LogP contribution in [-0.2, 0) is 30.3 Å². The normalized spacial score (nSPS) is 19.7. The van der Waals surface area contributed by atoms with Crippen LogP contribution in [0.15, 0.2) is 84.9 Å². The summed E-state index contributed by atoms with van der Waals surface area (Å²) in [4.78, 5) is 53.3. The van der Waals surface area contributed by atoms with Gasteiger partial charge in [0.15, 0.2) is 6.61 Å². The minimum atomic E-state index is -1.14. The quantitative estimate of drug-likeness (QED) is 0.313. The zero-order valence-electron chi connectivity index (χ0n) is 19.6. The van der Waals surface area contributed by atoms with Crippen molar-refractivity contribution in [3.8, 4) is 0 Å². The molecule has 182 valence electrons. The monoisotopic (exact) mass is 482 g/mol. The number of anilines is 1. The molecule has 3 aromatic rings. The molecule has 36 heavy (non-hydrogen) atoms. The molecule has 1 N–H and O–H groups in total. The SMILES string of the molecule is O=C(COC(=O)[C@H](Cc1ccccc1)N1C(=O)[C@H]2CC=CC[C@@H]2C1=O)Nc1cccc2ccccc12. The Morgan fingerprint density at radius 2 is 1.50 bits per heavy atom. The maximum atomic E-state index is 13.2. The van der Waals surface area contributed by atoms with Gasteiger partial charge in [-0.3, -0.25) is 19.3 Å². The lowest BCUT2D eigenvalue weighted by Gasteiger charge is -2.25. The molecular formula is C29H26N2O5. The number of carbonyl (C=O) groups is 4. The maximum absolute atomic E-state index is 13.2. The van der Waals surface area contributed by atoms with E-state index >= 15 is 0 Å². The lowest BCUT2D eigenvalue weighted by Crippen LogP contribution is -2.48. The predicted octanol–water partition coefficient (Wildman–Crippen LogP) is 3.88. The highest BCUT2D eigenvalue weighted by molar-refractivity contribution is 6.08. The summed E-state index contributed by atoms with van der Waals surface area (Å²) in [6.07, 6.45) is 4.88. The van der Waals surface area contributed by atoms with E-state index in [0.717, 1.165) is 21.2 Å². The molecule has 0 aromatic heterocycles. The van der Waals surface area contributed by atoms with Crippen LogP contribution in [0.4, 0.5) is 5.69 Å². The van der Waals surface area contributed by atoms with E-state index in [9.17, 15) is 19.2 Å². The molecule has 0 spiro atoms. The van der Waals surface area contributed by atoms with Crippen LogP contribution in [0.5, 0.6) is 0 Å². The molecule has 3 aromatic carbocycles. The third-order valence-electron chi connectivity index (χ3n) is 6.81. The summed E-state index contributed by atoms with van der Waals surface area (Å²) >= 11 is 0. The fourth-order valence-corrected chi connectivity index (χ4v) is 5.00. The van der Waals surface area contributed by atoms with Crippen molar-refractivity contribution in [3.05, 3.63) is 90.5 Å². The third kappa shape index (κ3) is 4.64. The number of nitrogens with zero attached hydrogens (tertiary/aromatic N) is 1. The fraction of sp³-hybridized carbons (Fsp3) is 0.241. The first kappa shape index (κ1) is 23.5. The number of esters is 1. The Morgan fingerprint density at radius 3 is 2.22 bits per heavy atom. The molecular weight excluding hydrogens is 456 g/mol. The van der Waals surface area contributed by atoms with Gasteiger partial charge in [-0.15, -0.1) is 0 Å². The summed E-state index contributed by atoms with van der Waals surface area (Å²) in [6.45, 7) is -0.530. The van der Waals surface area contributed by atoms with Gasteiger partial charge in [0.2, 0.25) is 11.8 Å². The second-order valence-electron chi connectivity index (χ2n) is 9.09. The largest absolute Gasteiger partial charge is 0.454 e. The summed E-state index contributed by atoms with van der Waals surface area (Å²) in [5, 5.41) is 4.62. The minimum absolute atomic E-state index is 0.120. The van der Waals surface area contributed by atoms with Crippen LogP contribution in [0.2, 0.25) is 0 Å². The van der Waals surface area contributed by atoms with Crippen LogP contribution in [0.3, 0.4) is 0 Å². The Bertz CT molecular complexity index is 1320. The van der Waals surface area contributed by atoms with Gasteiger partial charge in [0.05, 0.1) is 11.8 Å². The van der Waals surface area contributed by atoms with E-state index < -0.39 is 36.4 Å². The molecule has 1 aliphatic carbocycles. The van der Waals surface area contributed by atoms with Crippen LogP contribution >= 0.6 is 0 Å². The number of rotatable bonds is 7. The standard InChI is InChI=1S/C29H26N2O5/c32-26(30-24-16-8-12-20-11-4-5-13-21(20)24)18-36-29(35)25(17-19-9-2-1-3-10-19)31-27(33)22-14-6-7-15-23(22)28(31)34/h1-13,16,22-23,25H,14-15,17-18H2,(H,30,32)/t22-,23-,25-/m0/s1. The van der Waals surface area contributed by atoms with Crippen molar-refractivity contribution in [2.24, 2.45) is 11.8 Å². The molecule has 0 saturated carbocycles. The van der Waals surface area contributed by atoms with Gasteiger partial charge in [-0.25, -0.2) is 4.79 Å². The van der Waals surface area contributed by atoms with Crippen LogP contribution in [0.1, 0.15) is 18.4 Å². The fourth-order valence-electron chi connectivity index (χ4n) is 5.00. The molecule has 1 aliphatic heterocycles. The number of ether oxygens (including phenoxy) is 1. The first-order valence-corrected chi connectivity index (χ1v) is 12.0. The number of nitrogens with one attached hydrogen (secondary N) is 1. The van der Waals surface area contributed by atoms with Crippen LogP contribution in [-0.4, -0.2) is 41.2 Å². The smallest absolute Gasteiger partial charge is 0.330 e. The molecule has 7 heteroatoms. The van der Waals surface area contributed by atoms with Crippen LogP contribution in [0, 0.1) is 11.8 Å². The van der Waals surface area contributed by atoms with E-state index in [1.54, 1.807) is 6.07 Å². The molecule has 3 atom stereocenters. The molecule has 0 radical (unpaired) electrons. The molecule has 1 saturated heterocycles. The average Bonchev–Trinajstić information content (AvgIpc) is 3.16. The summed E-state index contributed by atoms with van der Waals surface area (Å²) in [5.41, 5.74) is 1.39. The molecule has 5 rings (SSSR count). The third-order valence-corrected chi connectivity index (χ3v) is 6.81. The highest BCUT2D eigenvalue weighted by Crippen LogP contribution is 2.36. The zero-order valence-corrected chi connectivity index (χ0v) is 19.6. The number of likely N-dealkylation sites (tertiary alicyclic amines) is 1. The molecule has 0 bridgehead atoms. The molecule has 2 aliphatic rings. The van der Waals surface area contributed by atoms with Gasteiger partial charge in [-0.05, 0) is 29.9 Å². The van der Waals surface area contributed by atoms with Crippen molar-refractivity contribution >= 4 is 40.2 Å². The van der Waals surface area contributed by atoms with E-state index in [4.69, 9.17) is 4.74 Å². The zero-order chi connectivity index (χ0) is 25.1. The van der Waals surface area contributed by atoms with Gasteiger partial charge in [0.25, 0.3) is 5.91 Å². The number of benzene rings is 3. The molecule has 1 heterocycles. The summed E-state index contributed by atoms with van der Waals surface area (Å²) < 4.78 is 5.37. The van der Waals surface area contributed by atoms with E-state index in [-0.39, 0.29) is 18.2 Å². The minimum Gasteiger partial charge on any atom is -0.454 e. The van der Waals surface area contributed by atoms with Crippen molar-refractivity contribution in [1.82, 2.24) is 4.90 Å². The number of hydrogen-bond acceptors (Lipinski definition) is 5. The molecule has 3 amide bonds. The highest BCUT2D eigenvalue weighted by atomic mass is 16.5. The van der Waals surface area contributed by atoms with E-state index in [0.29, 0.717) is 18.5 Å². The summed E-state index contributed by atoms with van der Waals surface area (Å²) in [5.74, 6) is -2.90.